The van der Waals surface area contributed by atoms with Crippen molar-refractivity contribution in [3.63, 3.8) is 0 Å². The van der Waals surface area contributed by atoms with Gasteiger partial charge in [0.1, 0.15) is 0 Å². The van der Waals surface area contributed by atoms with Gasteiger partial charge in [-0.05, 0) is 162 Å². The Labute approximate surface area is 392 Å². The minimum atomic E-state index is -2.39. The van der Waals surface area contributed by atoms with Crippen molar-refractivity contribution in [1.82, 2.24) is 9.80 Å². The normalized spacial score (nSPS) is 15.7. The molecule has 0 aromatic carbocycles. The zero-order chi connectivity index (χ0) is 45.1. The molecule has 5 heterocycles. The lowest BCUT2D eigenvalue weighted by atomic mass is 10.1. The average molecular weight is 1060 g/mol. The Morgan fingerprint density at radius 1 is 0.574 bits per heavy atom. The molecule has 335 valence electrons. The van der Waals surface area contributed by atoms with Crippen molar-refractivity contribution in [1.29, 1.82) is 0 Å². The number of aldehydes is 1. The highest BCUT2D eigenvalue weighted by Crippen LogP contribution is 2.50. The molecule has 19 heteroatoms. The predicted octanol–water partition coefficient (Wildman–Crippen LogP) is 13.2. The summed E-state index contributed by atoms with van der Waals surface area (Å²) in [6.45, 7) is 30.0. The molecule has 2 amide bonds. The second-order valence-electron chi connectivity index (χ2n) is 19.9. The first-order valence-electron chi connectivity index (χ1n) is 21.4. The molecule has 0 unspecified atom stereocenters. The van der Waals surface area contributed by atoms with E-state index in [0.29, 0.717) is 40.5 Å². The Morgan fingerprint density at radius 3 is 1.49 bits per heavy atom. The number of unbranched alkanes of at least 4 members (excludes halogenated alkanes) is 4. The highest BCUT2D eigenvalue weighted by molar-refractivity contribution is 9.11. The van der Waals surface area contributed by atoms with Crippen LogP contribution in [0.15, 0.2) is 51.3 Å². The van der Waals surface area contributed by atoms with Crippen molar-refractivity contribution in [2.75, 3.05) is 13.1 Å². The fourth-order valence-electron chi connectivity index (χ4n) is 7.76. The minimum absolute atomic E-state index is 0.114. The van der Waals surface area contributed by atoms with Crippen molar-refractivity contribution in [2.45, 2.75) is 136 Å². The van der Waals surface area contributed by atoms with Gasteiger partial charge in [0.15, 0.2) is 39.6 Å². The summed E-state index contributed by atoms with van der Waals surface area (Å²) in [5, 5.41) is 0. The molecule has 3 aromatic rings. The van der Waals surface area contributed by atoms with Crippen LogP contribution in [0, 0.1) is 0 Å². The van der Waals surface area contributed by atoms with Crippen LogP contribution in [0.2, 0.25) is 97.2 Å². The molecule has 3 aromatic heterocycles. The zero-order valence-electron chi connectivity index (χ0n) is 38.5. The summed E-state index contributed by atoms with van der Waals surface area (Å²) in [4.78, 5) is 49.6. The van der Waals surface area contributed by atoms with Crippen molar-refractivity contribution in [3.8, 4) is 9.75 Å². The number of carbonyl (C=O) groups excluding carboxylic acids is 3. The van der Waals surface area contributed by atoms with Crippen LogP contribution < -0.4 is 0 Å². The van der Waals surface area contributed by atoms with Gasteiger partial charge in [0, 0.05) is 22.8 Å². The minimum Gasteiger partial charge on any atom is -0.437 e. The summed E-state index contributed by atoms with van der Waals surface area (Å²) in [5.74, 6) is -0.227. The number of amides is 2. The number of hydrogen-bond donors (Lipinski definition) is 0. The van der Waals surface area contributed by atoms with Crippen LogP contribution in [0.25, 0.3) is 21.1 Å². The van der Waals surface area contributed by atoms with E-state index in [2.05, 4.69) is 101 Å². The van der Waals surface area contributed by atoms with Crippen molar-refractivity contribution >= 4 is 131 Å². The molecule has 0 atom stereocenters. The number of fused-ring (bicyclic) bond motifs is 1. The molecule has 0 N–H and O–H groups in total. The smallest absolute Gasteiger partial charge is 0.362 e. The summed E-state index contributed by atoms with van der Waals surface area (Å²) >= 11 is 8.22. The van der Waals surface area contributed by atoms with Crippen LogP contribution in [0.4, 0.5) is 0 Å². The maximum atomic E-state index is 15.0. The van der Waals surface area contributed by atoms with Gasteiger partial charge in [-0.25, -0.2) is 0 Å². The highest BCUT2D eigenvalue weighted by atomic mass is 79.9. The number of nitrogens with zero attached hydrogens (tertiary/aromatic N) is 2. The maximum Gasteiger partial charge on any atom is 0.362 e. The van der Waals surface area contributed by atoms with Crippen LogP contribution in [0.1, 0.15) is 58.0 Å². The van der Waals surface area contributed by atoms with Gasteiger partial charge in [-0.1, -0.05) is 25.7 Å². The van der Waals surface area contributed by atoms with E-state index in [1.54, 1.807) is 22.7 Å². The summed E-state index contributed by atoms with van der Waals surface area (Å²) in [7, 11) is -10.9. The molecule has 5 rings (SSSR count). The molecule has 0 spiro atoms. The standard InChI is InChI=1S/C42H66BrN2O7S3Si6/c1-57(2,3)49-56(50-58(4,5)6)28-18-14-16-26-45-40(35-24-25-36(43)55-35)38-37(41(45)47)39(34-23-22-33(54-34)32-21-20-31(30-46)53-32)44(42(38)48)27-17-15-19-29-61(13,51-59(7,8)9)52-60(10,11)12/h20-25,30H,14-19,26-29H2,1-13H3. The molecule has 1 radical (unpaired) electrons. The van der Waals surface area contributed by atoms with E-state index in [-0.39, 0.29) is 11.8 Å². The summed E-state index contributed by atoms with van der Waals surface area (Å²) < 4.78 is 27.6. The quantitative estimate of drug-likeness (QED) is 0.0501. The largest absolute Gasteiger partial charge is 0.437 e. The molecule has 2 aliphatic rings. The van der Waals surface area contributed by atoms with Crippen LogP contribution in [-0.2, 0) is 26.0 Å². The molecule has 0 aliphatic carbocycles. The first kappa shape index (κ1) is 50.8. The van der Waals surface area contributed by atoms with Gasteiger partial charge in [0.2, 0.25) is 0 Å². The van der Waals surface area contributed by atoms with E-state index in [1.807, 2.05) is 46.2 Å². The monoisotopic (exact) mass is 1050 g/mol. The molecule has 0 saturated carbocycles. The van der Waals surface area contributed by atoms with Crippen LogP contribution >= 0.6 is 49.9 Å². The number of rotatable bonds is 24. The second kappa shape index (κ2) is 20.5. The molecule has 0 fully saturated rings. The van der Waals surface area contributed by atoms with Crippen LogP contribution in [-0.4, -0.2) is 92.1 Å². The topological polar surface area (TPSA) is 94.6 Å². The van der Waals surface area contributed by atoms with E-state index < -0.39 is 51.1 Å². The molecular formula is C42H66BrN2O7S3Si6. The lowest BCUT2D eigenvalue weighted by Crippen LogP contribution is -2.52. The fourth-order valence-corrected chi connectivity index (χ4v) is 31.2. The van der Waals surface area contributed by atoms with Crippen molar-refractivity contribution < 1.29 is 30.8 Å². The molecule has 0 bridgehead atoms. The number of thiophene rings is 3. The Morgan fingerprint density at radius 2 is 1.03 bits per heavy atom. The lowest BCUT2D eigenvalue weighted by Gasteiger charge is -2.38. The van der Waals surface area contributed by atoms with E-state index >= 15 is 0 Å². The first-order valence-corrected chi connectivity index (χ1v) is 42.4. The Kier molecular flexibility index (Phi) is 17.1. The first-order chi connectivity index (χ1) is 28.3. The van der Waals surface area contributed by atoms with Gasteiger partial charge in [0.25, 0.3) is 11.8 Å². The van der Waals surface area contributed by atoms with E-state index in [0.717, 1.165) is 80.2 Å². The summed E-state index contributed by atoms with van der Waals surface area (Å²) in [5.41, 5.74) is 2.43. The molecule has 2 aliphatic heterocycles. The Bertz CT molecular complexity index is 2080. The third kappa shape index (κ3) is 14.4. The van der Waals surface area contributed by atoms with Crippen LogP contribution in [0.3, 0.4) is 0 Å². The van der Waals surface area contributed by atoms with Gasteiger partial charge < -0.3 is 26.3 Å². The maximum absolute atomic E-state index is 15.0. The Balaban J connectivity index is 1.42. The Hall–Kier alpha value is -1.19. The highest BCUT2D eigenvalue weighted by Gasteiger charge is 2.49. The van der Waals surface area contributed by atoms with Crippen LogP contribution in [0.5, 0.6) is 0 Å². The summed E-state index contributed by atoms with van der Waals surface area (Å²) in [6.07, 6.45) is 6.22. The third-order valence-electron chi connectivity index (χ3n) is 9.47. The van der Waals surface area contributed by atoms with E-state index in [9.17, 15) is 14.4 Å². The van der Waals surface area contributed by atoms with Crippen molar-refractivity contribution in [2.24, 2.45) is 0 Å². The molecule has 0 saturated heterocycles. The summed E-state index contributed by atoms with van der Waals surface area (Å²) in [6, 6.07) is 13.7. The van der Waals surface area contributed by atoms with Gasteiger partial charge in [-0.2, -0.15) is 0 Å². The van der Waals surface area contributed by atoms with E-state index in [1.165, 1.54) is 11.3 Å². The zero-order valence-corrected chi connectivity index (χ0v) is 48.5. The predicted molar refractivity (Wildman–Crippen MR) is 275 cm³/mol. The number of hydrogen-bond acceptors (Lipinski definition) is 10. The van der Waals surface area contributed by atoms with Gasteiger partial charge in [0.05, 0.1) is 41.0 Å². The molecular weight excluding hydrogens is 989 g/mol. The van der Waals surface area contributed by atoms with Crippen molar-refractivity contribution in [3.05, 3.63) is 66.0 Å². The second-order valence-corrected chi connectivity index (χ2v) is 48.8. The molecule has 61 heavy (non-hydrogen) atoms. The lowest BCUT2D eigenvalue weighted by molar-refractivity contribution is -0.124. The number of halogens is 1. The fraction of sp³-hybridized carbons (Fsp3) is 0.548. The average Bonchev–Trinajstić information content (AvgIpc) is 3.93. The van der Waals surface area contributed by atoms with Gasteiger partial charge >= 0.3 is 17.8 Å². The number of carbonyl (C=O) groups is 3. The third-order valence-corrected chi connectivity index (χ3v) is 30.5. The van der Waals surface area contributed by atoms with Gasteiger partial charge in [-0.3, -0.25) is 14.4 Å². The van der Waals surface area contributed by atoms with Gasteiger partial charge in [-0.15, -0.1) is 34.0 Å². The van der Waals surface area contributed by atoms with E-state index in [4.69, 9.17) is 16.5 Å². The SMILES string of the molecule is C[Si](C)(C)O[Si](CCCCCN1C(=O)C2=C(c3ccc(-c4ccc(C=O)s4)s3)N(CCCCC[Si](C)(O[Si](C)(C)C)O[Si](C)(C)C)C(=O)C2=C1c1ccc(Br)s1)O[Si](C)(C)C. The molecule has 9 nitrogen and oxygen atoms in total.